The Morgan fingerprint density at radius 1 is 0.435 bits per heavy atom. The third-order valence-corrected chi connectivity index (χ3v) is 22.9. The Labute approximate surface area is 718 Å². The van der Waals surface area contributed by atoms with E-state index in [2.05, 4.69) is 32.2 Å². The summed E-state index contributed by atoms with van der Waals surface area (Å²) in [6.45, 7) is 3.77. The number of azide groups is 2. The van der Waals surface area contributed by atoms with Crippen LogP contribution in [0.25, 0.3) is 42.4 Å². The standard InChI is InChI=1S/C96H101N7O21/c1-61-81(116-62(2)104)85(124-94-80(105)87(109-54-65-32-14-5-15-33-65)83-77(118-94)60-113-91(121-83)72-40-20-8-21-41-72)78(99-101-97)92(115-61)123-86-79(100-102-98)93(117-76-59-112-90(120-82(76)86)71-38-18-7-19-39-71)122-84-75(58-107-53-64-30-12-4-13-31-64)119-95(108-49-27-9-26-48-103(52-63-28-10-3-11-29-63)96(106)114-55-66-34-16-6-17-35-66)89(111-57-68-45-47-70-37-23-25-43-74(70)51-68)88(84)110-56-67-44-46-69-36-22-24-42-73(69)50-67/h3-8,10-25,28-47,50-51,61,75-95,105H,9,26-27,48-49,52-60H2,1-2H3/t61-,75+,76+,77+,78-,79+,80+,81+,82-,83+,84-,85-,86+,87+,88-,89+,90-,91+,92-,93+,94-,95-/m0/s1. The summed E-state index contributed by atoms with van der Waals surface area (Å²) < 4.78 is 123. The number of carbonyl (C=O) groups excluding carboxylic acids is 2. The normalized spacial score (nSPS) is 28.5. The van der Waals surface area contributed by atoms with Gasteiger partial charge >= 0.3 is 12.1 Å². The molecule has 10 aromatic rings. The van der Waals surface area contributed by atoms with E-state index in [4.69, 9.17) is 85.3 Å². The lowest BCUT2D eigenvalue weighted by atomic mass is 9.93. The second-order valence-corrected chi connectivity index (χ2v) is 31.5. The predicted octanol–water partition coefficient (Wildman–Crippen LogP) is 16.2. The average molecular weight is 1690 g/mol. The van der Waals surface area contributed by atoms with Crippen LogP contribution in [0.15, 0.2) is 277 Å². The number of amides is 1. The molecule has 28 nitrogen and oxygen atoms in total. The molecular formula is C96H101N7O21. The van der Waals surface area contributed by atoms with E-state index in [1.807, 2.05) is 255 Å². The van der Waals surface area contributed by atoms with E-state index in [9.17, 15) is 25.8 Å². The molecule has 1 amide bonds. The molecule has 22 atom stereocenters. The van der Waals surface area contributed by atoms with Gasteiger partial charge in [0.2, 0.25) is 0 Å². The van der Waals surface area contributed by atoms with Gasteiger partial charge in [-0.25, -0.2) is 4.79 Å². The summed E-state index contributed by atoms with van der Waals surface area (Å²) >= 11 is 0. The minimum absolute atomic E-state index is 0.00441. The fourth-order valence-corrected chi connectivity index (χ4v) is 16.7. The summed E-state index contributed by atoms with van der Waals surface area (Å²) in [6.07, 6.45) is -23.7. The molecule has 6 fully saturated rings. The van der Waals surface area contributed by atoms with E-state index in [1.165, 1.54) is 6.92 Å². The van der Waals surface area contributed by atoms with Crippen LogP contribution in [-0.4, -0.2) is 178 Å². The zero-order valence-corrected chi connectivity index (χ0v) is 68.7. The molecule has 6 aliphatic heterocycles. The number of rotatable bonds is 35. The summed E-state index contributed by atoms with van der Waals surface area (Å²) in [4.78, 5) is 35.9. The summed E-state index contributed by atoms with van der Waals surface area (Å²) in [6, 6.07) is 82.1. The zero-order chi connectivity index (χ0) is 84.9. The van der Waals surface area contributed by atoms with Crippen LogP contribution in [0.2, 0.25) is 0 Å². The molecule has 124 heavy (non-hydrogen) atoms. The van der Waals surface area contributed by atoms with Crippen LogP contribution in [0.5, 0.6) is 0 Å². The number of ether oxygens (including phenoxy) is 18. The summed E-state index contributed by atoms with van der Waals surface area (Å²) in [5.41, 5.74) is 28.5. The summed E-state index contributed by atoms with van der Waals surface area (Å²) in [5.74, 6) is -0.745. The molecule has 0 saturated carbocycles. The molecule has 646 valence electrons. The topological polar surface area (TPSA) is 321 Å². The Bertz CT molecular complexity index is 5150. The zero-order valence-electron chi connectivity index (χ0n) is 68.7. The van der Waals surface area contributed by atoms with E-state index in [0.717, 1.165) is 60.5 Å². The molecule has 0 aliphatic carbocycles. The third kappa shape index (κ3) is 22.0. The fourth-order valence-electron chi connectivity index (χ4n) is 16.7. The molecule has 0 spiro atoms. The molecule has 6 aliphatic rings. The Kier molecular flexibility index (Phi) is 30.0. The molecule has 28 heteroatoms. The third-order valence-electron chi connectivity index (χ3n) is 22.9. The minimum Gasteiger partial charge on any atom is -0.457 e. The van der Waals surface area contributed by atoms with Gasteiger partial charge in [0.1, 0.15) is 91.9 Å². The smallest absolute Gasteiger partial charge is 0.410 e. The molecule has 0 bridgehead atoms. The van der Waals surface area contributed by atoms with Gasteiger partial charge in [-0.05, 0) is 104 Å². The van der Waals surface area contributed by atoms with Crippen molar-refractivity contribution in [2.45, 2.75) is 208 Å². The molecule has 0 radical (unpaired) electrons. The first-order valence-electron chi connectivity index (χ1n) is 42.2. The van der Waals surface area contributed by atoms with Crippen LogP contribution in [0, 0.1) is 0 Å². The van der Waals surface area contributed by atoms with E-state index in [0.29, 0.717) is 37.9 Å². The second-order valence-electron chi connectivity index (χ2n) is 31.5. The van der Waals surface area contributed by atoms with Crippen molar-refractivity contribution >= 4 is 33.6 Å². The van der Waals surface area contributed by atoms with Crippen LogP contribution in [-0.2, 0) is 130 Å². The van der Waals surface area contributed by atoms with Crippen molar-refractivity contribution < 1.29 is 100.0 Å². The van der Waals surface area contributed by atoms with Crippen molar-refractivity contribution in [1.29, 1.82) is 0 Å². The Balaban J connectivity index is 0.735. The van der Waals surface area contributed by atoms with E-state index in [1.54, 1.807) is 11.8 Å². The maximum Gasteiger partial charge on any atom is 0.410 e. The Hall–Kier alpha value is -10.6. The van der Waals surface area contributed by atoms with Crippen LogP contribution >= 0.6 is 0 Å². The van der Waals surface area contributed by atoms with Crippen LogP contribution in [0.1, 0.15) is 90.2 Å². The largest absolute Gasteiger partial charge is 0.457 e. The number of aliphatic hydroxyl groups is 1. The van der Waals surface area contributed by atoms with Gasteiger partial charge in [0.05, 0.1) is 52.4 Å². The van der Waals surface area contributed by atoms with Crippen molar-refractivity contribution in [1.82, 2.24) is 4.90 Å². The van der Waals surface area contributed by atoms with Crippen LogP contribution in [0.3, 0.4) is 0 Å². The van der Waals surface area contributed by atoms with Crippen molar-refractivity contribution in [3.05, 3.63) is 332 Å². The number of fused-ring (bicyclic) bond motifs is 4. The number of carbonyl (C=O) groups is 2. The van der Waals surface area contributed by atoms with E-state index >= 15 is 0 Å². The Morgan fingerprint density at radius 2 is 0.903 bits per heavy atom. The molecule has 0 unspecified atom stereocenters. The average Bonchev–Trinajstić information content (AvgIpc) is 0.748. The van der Waals surface area contributed by atoms with Gasteiger partial charge in [-0.15, -0.1) is 0 Å². The number of unbranched alkanes of at least 4 members (excludes halogenated alkanes) is 2. The minimum atomic E-state index is -1.69. The maximum absolute atomic E-state index is 13.9. The Morgan fingerprint density at radius 3 is 1.48 bits per heavy atom. The number of hydrogen-bond acceptors (Lipinski definition) is 23. The van der Waals surface area contributed by atoms with Gasteiger partial charge in [0.25, 0.3) is 0 Å². The van der Waals surface area contributed by atoms with Crippen molar-refractivity contribution in [3.8, 4) is 0 Å². The first-order chi connectivity index (χ1) is 60.9. The highest BCUT2D eigenvalue weighted by Gasteiger charge is 2.60. The summed E-state index contributed by atoms with van der Waals surface area (Å²) in [5, 5.41) is 25.6. The summed E-state index contributed by atoms with van der Waals surface area (Å²) in [7, 11) is 0. The molecule has 16 rings (SSSR count). The predicted molar refractivity (Wildman–Crippen MR) is 452 cm³/mol. The molecule has 6 saturated heterocycles. The van der Waals surface area contributed by atoms with Crippen LogP contribution < -0.4 is 0 Å². The van der Waals surface area contributed by atoms with Gasteiger partial charge in [-0.3, -0.25) is 4.79 Å². The van der Waals surface area contributed by atoms with E-state index in [-0.39, 0.29) is 59.5 Å². The highest BCUT2D eigenvalue weighted by molar-refractivity contribution is 5.83. The molecule has 10 aromatic carbocycles. The highest BCUT2D eigenvalue weighted by Crippen LogP contribution is 2.44. The van der Waals surface area contributed by atoms with Gasteiger partial charge < -0.3 is 95.3 Å². The number of nitrogens with zero attached hydrogens (tertiary/aromatic N) is 7. The molecule has 6 heterocycles. The second kappa shape index (κ2) is 42.9. The van der Waals surface area contributed by atoms with Gasteiger partial charge in [0, 0.05) is 47.6 Å². The molecule has 0 aromatic heterocycles. The lowest BCUT2D eigenvalue weighted by Crippen LogP contribution is -2.68. The van der Waals surface area contributed by atoms with Gasteiger partial charge in [-0.1, -0.05) is 265 Å². The van der Waals surface area contributed by atoms with Gasteiger partial charge in [-0.2, -0.15) is 0 Å². The molecule has 1 N–H and O–H groups in total. The highest BCUT2D eigenvalue weighted by atomic mass is 16.8. The number of hydrogen-bond donors (Lipinski definition) is 1. The maximum atomic E-state index is 13.9. The lowest BCUT2D eigenvalue weighted by molar-refractivity contribution is -0.395. The van der Waals surface area contributed by atoms with Crippen molar-refractivity contribution in [2.75, 3.05) is 33.0 Å². The monoisotopic (exact) mass is 1690 g/mol. The first kappa shape index (κ1) is 86.9. The number of aliphatic hydroxyl groups excluding tert-OH is 1. The van der Waals surface area contributed by atoms with Gasteiger partial charge in [0.15, 0.2) is 43.8 Å². The SMILES string of the molecule is CC(=O)O[C@H]1[C@@H](O[C@@H]2O[C@@H]3CO[C@@H](c4ccccc4)O[C@H]3[C@H](OCc3ccccc3)[C@H]2O)[C@H](N=[N+]=[N-])[C@H](O[C@@H]2[C@@H](N=[N+]=[N-])[C@@H](O[C@@H]3[C@H](OCc4ccc5ccccc5c4)[C@@H](OCc4ccc5ccccc5c4)[C@@H](OCCCCCN(Cc4ccccc4)C(=O)OCc4ccccc4)O[C@@H]3COCc3ccccc3)O[C@@H]3CO[C@H](c4ccccc4)O[C@H]23)O[C@H]1C. The van der Waals surface area contributed by atoms with E-state index < -0.39 is 147 Å². The lowest BCUT2D eigenvalue weighted by Gasteiger charge is -2.53. The number of esters is 1. The fraction of sp³-hybridized carbons (Fsp3) is 0.396. The first-order valence-corrected chi connectivity index (χ1v) is 42.2. The van der Waals surface area contributed by atoms with Crippen molar-refractivity contribution in [3.63, 3.8) is 0 Å². The number of benzene rings is 10. The molecular weight excluding hydrogens is 1590 g/mol. The van der Waals surface area contributed by atoms with Crippen LogP contribution in [0.4, 0.5) is 4.79 Å². The quantitative estimate of drug-likeness (QED) is 0.0127. The van der Waals surface area contributed by atoms with Crippen molar-refractivity contribution in [2.24, 2.45) is 10.2 Å².